The molecule has 4 N–H and O–H groups in total. The molecule has 0 aliphatic rings. The number of aryl methyl sites for hydroxylation is 1. The lowest BCUT2D eigenvalue weighted by atomic mass is 10.2. The molecule has 0 spiro atoms. The van der Waals surface area contributed by atoms with Gasteiger partial charge in [-0.25, -0.2) is 4.98 Å². The standard InChI is InChI=1S/C14H14N4O2/c1-8-2-4-10(20-8)7-16-14-17-12-5-3-9(15)6-11(12)13(19)18-14/h2-6H,7,15H2,1H3,(H2,16,17,18,19). The van der Waals surface area contributed by atoms with Crippen LogP contribution in [-0.4, -0.2) is 9.97 Å². The molecule has 102 valence electrons. The molecule has 1 aromatic carbocycles. The summed E-state index contributed by atoms with van der Waals surface area (Å²) in [7, 11) is 0. The molecule has 0 radical (unpaired) electrons. The molecule has 6 heteroatoms. The molecule has 0 unspecified atom stereocenters. The quantitative estimate of drug-likeness (QED) is 0.633. The molecule has 0 atom stereocenters. The van der Waals surface area contributed by atoms with Gasteiger partial charge in [-0.3, -0.25) is 9.78 Å². The Balaban J connectivity index is 1.89. The lowest BCUT2D eigenvalue weighted by molar-refractivity contribution is 0.490. The van der Waals surface area contributed by atoms with Crippen molar-refractivity contribution in [3.05, 3.63) is 52.2 Å². The van der Waals surface area contributed by atoms with Crippen LogP contribution in [0.3, 0.4) is 0 Å². The summed E-state index contributed by atoms with van der Waals surface area (Å²) >= 11 is 0. The summed E-state index contributed by atoms with van der Waals surface area (Å²) in [6.07, 6.45) is 0. The van der Waals surface area contributed by atoms with Gasteiger partial charge in [-0.2, -0.15) is 0 Å². The van der Waals surface area contributed by atoms with Crippen molar-refractivity contribution in [1.82, 2.24) is 9.97 Å². The Morgan fingerprint density at radius 2 is 2.20 bits per heavy atom. The van der Waals surface area contributed by atoms with E-state index < -0.39 is 0 Å². The van der Waals surface area contributed by atoms with Gasteiger partial charge in [0, 0.05) is 5.69 Å². The van der Waals surface area contributed by atoms with Crippen LogP contribution in [0, 0.1) is 6.92 Å². The Hall–Kier alpha value is -2.76. The van der Waals surface area contributed by atoms with E-state index in [0.29, 0.717) is 29.1 Å². The third kappa shape index (κ3) is 2.35. The van der Waals surface area contributed by atoms with Crippen molar-refractivity contribution in [2.24, 2.45) is 0 Å². The fourth-order valence-electron chi connectivity index (χ4n) is 1.99. The SMILES string of the molecule is Cc1ccc(CNc2nc3ccc(N)cc3c(=O)[nH]2)o1. The normalized spacial score (nSPS) is 10.8. The van der Waals surface area contributed by atoms with E-state index in [4.69, 9.17) is 10.2 Å². The number of anilines is 2. The number of hydrogen-bond donors (Lipinski definition) is 3. The van der Waals surface area contributed by atoms with E-state index in [1.807, 2.05) is 19.1 Å². The molecular weight excluding hydrogens is 256 g/mol. The van der Waals surface area contributed by atoms with Crippen LogP contribution in [0.4, 0.5) is 11.6 Å². The Morgan fingerprint density at radius 3 is 2.95 bits per heavy atom. The summed E-state index contributed by atoms with van der Waals surface area (Å²) < 4.78 is 5.44. The van der Waals surface area contributed by atoms with Crippen LogP contribution in [0.1, 0.15) is 11.5 Å². The maximum atomic E-state index is 12.0. The average molecular weight is 270 g/mol. The zero-order chi connectivity index (χ0) is 14.1. The summed E-state index contributed by atoms with van der Waals surface area (Å²) in [6, 6.07) is 8.82. The van der Waals surface area contributed by atoms with E-state index in [-0.39, 0.29) is 5.56 Å². The molecule has 6 nitrogen and oxygen atoms in total. The number of benzene rings is 1. The minimum absolute atomic E-state index is 0.222. The third-order valence-electron chi connectivity index (χ3n) is 2.96. The molecule has 2 aromatic heterocycles. The highest BCUT2D eigenvalue weighted by molar-refractivity contribution is 5.81. The second-order valence-corrected chi connectivity index (χ2v) is 4.56. The minimum atomic E-state index is -0.222. The zero-order valence-corrected chi connectivity index (χ0v) is 10.9. The molecule has 0 aliphatic heterocycles. The summed E-state index contributed by atoms with van der Waals surface area (Å²) in [4.78, 5) is 19.0. The summed E-state index contributed by atoms with van der Waals surface area (Å²) in [6.45, 7) is 2.33. The second-order valence-electron chi connectivity index (χ2n) is 4.56. The number of aromatic nitrogens is 2. The predicted octanol–water partition coefficient (Wildman–Crippen LogP) is 2.02. The summed E-state index contributed by atoms with van der Waals surface area (Å²) in [5.74, 6) is 2.03. The van der Waals surface area contributed by atoms with Gasteiger partial charge in [0.1, 0.15) is 11.5 Å². The Labute approximate surface area is 114 Å². The number of nitrogen functional groups attached to an aromatic ring is 1. The Bertz CT molecular complexity index is 819. The molecule has 0 amide bonds. The molecule has 20 heavy (non-hydrogen) atoms. The van der Waals surface area contributed by atoms with Gasteiger partial charge < -0.3 is 15.5 Å². The fraction of sp³-hybridized carbons (Fsp3) is 0.143. The number of H-pyrrole nitrogens is 1. The van der Waals surface area contributed by atoms with Crippen LogP contribution < -0.4 is 16.6 Å². The van der Waals surface area contributed by atoms with Crippen molar-refractivity contribution in [3.8, 4) is 0 Å². The van der Waals surface area contributed by atoms with Crippen molar-refractivity contribution >= 4 is 22.5 Å². The Morgan fingerprint density at radius 1 is 1.35 bits per heavy atom. The number of rotatable bonds is 3. The maximum Gasteiger partial charge on any atom is 0.260 e. The molecule has 0 aliphatic carbocycles. The first-order valence-electron chi connectivity index (χ1n) is 6.20. The van der Waals surface area contributed by atoms with Crippen molar-refractivity contribution in [3.63, 3.8) is 0 Å². The van der Waals surface area contributed by atoms with E-state index in [1.165, 1.54) is 0 Å². The first kappa shape index (κ1) is 12.3. The van der Waals surface area contributed by atoms with Crippen molar-refractivity contribution < 1.29 is 4.42 Å². The summed E-state index contributed by atoms with van der Waals surface area (Å²) in [5, 5.41) is 3.51. The fourth-order valence-corrected chi connectivity index (χ4v) is 1.99. The van der Waals surface area contributed by atoms with Crippen LogP contribution in [-0.2, 0) is 6.54 Å². The van der Waals surface area contributed by atoms with Crippen molar-refractivity contribution in [1.29, 1.82) is 0 Å². The first-order chi connectivity index (χ1) is 9.61. The lowest BCUT2D eigenvalue weighted by Gasteiger charge is -2.05. The molecule has 0 fully saturated rings. The van der Waals surface area contributed by atoms with Gasteiger partial charge in [-0.15, -0.1) is 0 Å². The number of hydrogen-bond acceptors (Lipinski definition) is 5. The van der Waals surface area contributed by atoms with Crippen LogP contribution in [0.15, 0.2) is 39.5 Å². The van der Waals surface area contributed by atoms with E-state index in [2.05, 4.69) is 15.3 Å². The van der Waals surface area contributed by atoms with Gasteiger partial charge >= 0.3 is 0 Å². The number of nitrogens with zero attached hydrogens (tertiary/aromatic N) is 1. The van der Waals surface area contributed by atoms with E-state index in [1.54, 1.807) is 18.2 Å². The number of aromatic amines is 1. The smallest absolute Gasteiger partial charge is 0.260 e. The molecule has 0 saturated heterocycles. The van der Waals surface area contributed by atoms with Crippen molar-refractivity contribution in [2.75, 3.05) is 11.1 Å². The highest BCUT2D eigenvalue weighted by atomic mass is 16.3. The molecule has 0 saturated carbocycles. The number of fused-ring (bicyclic) bond motifs is 1. The first-order valence-corrected chi connectivity index (χ1v) is 6.20. The highest BCUT2D eigenvalue weighted by Crippen LogP contribution is 2.13. The van der Waals surface area contributed by atoms with E-state index in [9.17, 15) is 4.79 Å². The van der Waals surface area contributed by atoms with E-state index in [0.717, 1.165) is 11.5 Å². The average Bonchev–Trinajstić information content (AvgIpc) is 2.83. The zero-order valence-electron chi connectivity index (χ0n) is 10.9. The molecular formula is C14H14N4O2. The van der Waals surface area contributed by atoms with Crippen molar-refractivity contribution in [2.45, 2.75) is 13.5 Å². The minimum Gasteiger partial charge on any atom is -0.465 e. The lowest BCUT2D eigenvalue weighted by Crippen LogP contribution is -2.13. The Kier molecular flexibility index (Phi) is 2.90. The van der Waals surface area contributed by atoms with Gasteiger partial charge in [0.15, 0.2) is 0 Å². The number of nitrogens with two attached hydrogens (primary N) is 1. The number of nitrogens with one attached hydrogen (secondary N) is 2. The van der Waals surface area contributed by atoms with Gasteiger partial charge in [0.25, 0.3) is 5.56 Å². The monoisotopic (exact) mass is 270 g/mol. The third-order valence-corrected chi connectivity index (χ3v) is 2.96. The van der Waals surface area contributed by atoms with Crippen LogP contribution in [0.2, 0.25) is 0 Å². The topological polar surface area (TPSA) is 96.9 Å². The second kappa shape index (κ2) is 4.73. The number of furan rings is 1. The van der Waals surface area contributed by atoms with Gasteiger partial charge in [0.2, 0.25) is 5.95 Å². The molecule has 3 rings (SSSR count). The summed E-state index contributed by atoms with van der Waals surface area (Å²) in [5.41, 5.74) is 6.57. The molecule has 0 bridgehead atoms. The molecule has 2 heterocycles. The van der Waals surface area contributed by atoms with Crippen LogP contribution in [0.25, 0.3) is 10.9 Å². The maximum absolute atomic E-state index is 12.0. The molecule has 3 aromatic rings. The predicted molar refractivity (Wildman–Crippen MR) is 77.5 cm³/mol. The van der Waals surface area contributed by atoms with Gasteiger partial charge in [-0.05, 0) is 37.3 Å². The van der Waals surface area contributed by atoms with Gasteiger partial charge in [0.05, 0.1) is 17.4 Å². The van der Waals surface area contributed by atoms with E-state index >= 15 is 0 Å². The van der Waals surface area contributed by atoms with Crippen LogP contribution in [0.5, 0.6) is 0 Å². The largest absolute Gasteiger partial charge is 0.465 e. The van der Waals surface area contributed by atoms with Gasteiger partial charge in [-0.1, -0.05) is 0 Å². The van der Waals surface area contributed by atoms with Crippen LogP contribution >= 0.6 is 0 Å². The highest BCUT2D eigenvalue weighted by Gasteiger charge is 2.05.